The summed E-state index contributed by atoms with van der Waals surface area (Å²) in [5, 5.41) is 1.25. The summed E-state index contributed by atoms with van der Waals surface area (Å²) in [6, 6.07) is 10.6. The van der Waals surface area contributed by atoms with Crippen molar-refractivity contribution in [3.63, 3.8) is 0 Å². The van der Waals surface area contributed by atoms with Crippen LogP contribution < -0.4 is 10.2 Å². The van der Waals surface area contributed by atoms with E-state index in [2.05, 4.69) is 4.98 Å². The van der Waals surface area contributed by atoms with E-state index in [-0.39, 0.29) is 5.43 Å². The lowest BCUT2D eigenvalue weighted by molar-refractivity contribution is 0.415. The van der Waals surface area contributed by atoms with E-state index in [0.29, 0.717) is 32.3 Å². The van der Waals surface area contributed by atoms with Crippen LogP contribution in [-0.2, 0) is 0 Å². The molecule has 106 valence electrons. The second kappa shape index (κ2) is 5.43. The Bertz CT molecular complexity index is 887. The van der Waals surface area contributed by atoms with E-state index in [9.17, 15) is 4.79 Å². The number of hydrogen-bond donors (Lipinski definition) is 1. The summed E-state index contributed by atoms with van der Waals surface area (Å²) in [5.74, 6) is 0.689. The Hall–Kier alpha value is -1.97. The Labute approximate surface area is 131 Å². The highest BCUT2D eigenvalue weighted by Crippen LogP contribution is 2.27. The topological polar surface area (TPSA) is 42.1 Å². The SMILES string of the molecule is COc1cccc(-c2c[nH]c3cc(Cl)cc(Cl)c3c2=O)c1. The minimum Gasteiger partial charge on any atom is -0.497 e. The summed E-state index contributed by atoms with van der Waals surface area (Å²) < 4.78 is 5.19. The van der Waals surface area contributed by atoms with E-state index in [4.69, 9.17) is 27.9 Å². The average Bonchev–Trinajstić information content (AvgIpc) is 2.47. The predicted octanol–water partition coefficient (Wildman–Crippen LogP) is 4.51. The molecule has 1 N–H and O–H groups in total. The molecular formula is C16H11Cl2NO2. The largest absolute Gasteiger partial charge is 0.497 e. The second-order valence-electron chi connectivity index (χ2n) is 4.57. The first-order valence-electron chi connectivity index (χ1n) is 6.25. The summed E-state index contributed by atoms with van der Waals surface area (Å²) >= 11 is 12.1. The molecule has 0 aliphatic carbocycles. The van der Waals surface area contributed by atoms with E-state index in [1.165, 1.54) is 0 Å². The number of nitrogens with one attached hydrogen (secondary N) is 1. The number of aromatic amines is 1. The van der Waals surface area contributed by atoms with Crippen LogP contribution in [0.15, 0.2) is 47.4 Å². The number of rotatable bonds is 2. The quantitative estimate of drug-likeness (QED) is 0.755. The predicted molar refractivity (Wildman–Crippen MR) is 86.6 cm³/mol. The summed E-state index contributed by atoms with van der Waals surface area (Å²) in [6.07, 6.45) is 1.66. The molecule has 0 amide bonds. The fraction of sp³-hybridized carbons (Fsp3) is 0.0625. The van der Waals surface area contributed by atoms with Crippen LogP contribution in [0.3, 0.4) is 0 Å². The van der Waals surface area contributed by atoms with Gasteiger partial charge in [-0.05, 0) is 29.8 Å². The number of hydrogen-bond acceptors (Lipinski definition) is 2. The number of ether oxygens (including phenoxy) is 1. The van der Waals surface area contributed by atoms with Gasteiger partial charge in [-0.15, -0.1) is 0 Å². The molecule has 1 aromatic heterocycles. The molecule has 2 aromatic carbocycles. The van der Waals surface area contributed by atoms with Gasteiger partial charge in [-0.3, -0.25) is 4.79 Å². The zero-order chi connectivity index (χ0) is 15.0. The van der Waals surface area contributed by atoms with Crippen molar-refractivity contribution < 1.29 is 4.74 Å². The van der Waals surface area contributed by atoms with Crippen molar-refractivity contribution in [3.8, 4) is 16.9 Å². The highest BCUT2D eigenvalue weighted by molar-refractivity contribution is 6.38. The molecule has 0 aliphatic heterocycles. The molecule has 3 aromatic rings. The number of methoxy groups -OCH3 is 1. The van der Waals surface area contributed by atoms with Gasteiger partial charge in [0.1, 0.15) is 5.75 Å². The smallest absolute Gasteiger partial charge is 0.198 e. The number of aromatic nitrogens is 1. The van der Waals surface area contributed by atoms with Crippen molar-refractivity contribution in [3.05, 3.63) is 62.9 Å². The standard InChI is InChI=1S/C16H11Cl2NO2/c1-21-11-4-2-3-9(5-11)12-8-19-14-7-10(17)6-13(18)15(14)16(12)20/h2-8H,1H3,(H,19,20). The van der Waals surface area contributed by atoms with Gasteiger partial charge in [0.2, 0.25) is 0 Å². The Morgan fingerprint density at radius 2 is 1.95 bits per heavy atom. The normalized spacial score (nSPS) is 10.8. The first-order chi connectivity index (χ1) is 10.1. The summed E-state index contributed by atoms with van der Waals surface area (Å²) in [7, 11) is 1.59. The fourth-order valence-electron chi connectivity index (χ4n) is 2.27. The minimum absolute atomic E-state index is 0.140. The third-order valence-electron chi connectivity index (χ3n) is 3.28. The lowest BCUT2D eigenvalue weighted by Gasteiger charge is -2.07. The first kappa shape index (κ1) is 14.0. The molecular weight excluding hydrogens is 309 g/mol. The van der Waals surface area contributed by atoms with Crippen LogP contribution in [0.25, 0.3) is 22.0 Å². The van der Waals surface area contributed by atoms with Crippen molar-refractivity contribution >= 4 is 34.1 Å². The molecule has 1 heterocycles. The molecule has 0 saturated carbocycles. The Kier molecular flexibility index (Phi) is 3.62. The Morgan fingerprint density at radius 1 is 1.14 bits per heavy atom. The maximum atomic E-state index is 12.7. The van der Waals surface area contributed by atoms with E-state index in [0.717, 1.165) is 5.56 Å². The molecule has 0 bridgehead atoms. The van der Waals surface area contributed by atoms with Crippen LogP contribution in [0.2, 0.25) is 10.0 Å². The summed E-state index contributed by atoms with van der Waals surface area (Å²) in [4.78, 5) is 15.7. The van der Waals surface area contributed by atoms with Gasteiger partial charge in [0.15, 0.2) is 5.43 Å². The van der Waals surface area contributed by atoms with Gasteiger partial charge in [-0.25, -0.2) is 0 Å². The number of benzene rings is 2. The van der Waals surface area contributed by atoms with Crippen LogP contribution in [0, 0.1) is 0 Å². The maximum absolute atomic E-state index is 12.7. The lowest BCUT2D eigenvalue weighted by atomic mass is 10.0. The van der Waals surface area contributed by atoms with Crippen LogP contribution in [0.4, 0.5) is 0 Å². The molecule has 0 atom stereocenters. The number of fused-ring (bicyclic) bond motifs is 1. The first-order valence-corrected chi connectivity index (χ1v) is 7.00. The minimum atomic E-state index is -0.140. The molecule has 0 radical (unpaired) electrons. The molecule has 3 nitrogen and oxygen atoms in total. The van der Waals surface area contributed by atoms with Gasteiger partial charge in [0, 0.05) is 16.8 Å². The van der Waals surface area contributed by atoms with Gasteiger partial charge < -0.3 is 9.72 Å². The number of pyridine rings is 1. The zero-order valence-corrected chi connectivity index (χ0v) is 12.6. The van der Waals surface area contributed by atoms with Gasteiger partial charge in [0.25, 0.3) is 0 Å². The molecule has 21 heavy (non-hydrogen) atoms. The molecule has 5 heteroatoms. The molecule has 3 rings (SSSR count). The van der Waals surface area contributed by atoms with Gasteiger partial charge in [-0.1, -0.05) is 35.3 Å². The van der Waals surface area contributed by atoms with Crippen LogP contribution in [0.1, 0.15) is 0 Å². The fourth-order valence-corrected chi connectivity index (χ4v) is 2.85. The van der Waals surface area contributed by atoms with Gasteiger partial charge >= 0.3 is 0 Å². The van der Waals surface area contributed by atoms with Crippen LogP contribution >= 0.6 is 23.2 Å². The molecule has 0 unspecified atom stereocenters. The van der Waals surface area contributed by atoms with Crippen molar-refractivity contribution in [1.82, 2.24) is 4.98 Å². The van der Waals surface area contributed by atoms with Gasteiger partial charge in [0.05, 0.1) is 23.0 Å². The third kappa shape index (κ3) is 2.50. The maximum Gasteiger partial charge on any atom is 0.198 e. The Balaban J connectivity index is 2.29. The molecule has 0 aliphatic rings. The highest BCUT2D eigenvalue weighted by atomic mass is 35.5. The van der Waals surface area contributed by atoms with Crippen molar-refractivity contribution in [2.75, 3.05) is 7.11 Å². The number of halogens is 2. The van der Waals surface area contributed by atoms with Crippen LogP contribution in [-0.4, -0.2) is 12.1 Å². The molecule has 0 fully saturated rings. The second-order valence-corrected chi connectivity index (χ2v) is 5.42. The van der Waals surface area contributed by atoms with Crippen LogP contribution in [0.5, 0.6) is 5.75 Å². The van der Waals surface area contributed by atoms with E-state index in [1.807, 2.05) is 18.2 Å². The highest BCUT2D eigenvalue weighted by Gasteiger charge is 2.11. The summed E-state index contributed by atoms with van der Waals surface area (Å²) in [6.45, 7) is 0. The monoisotopic (exact) mass is 319 g/mol. The molecule has 0 spiro atoms. The van der Waals surface area contributed by atoms with Crippen molar-refractivity contribution in [2.24, 2.45) is 0 Å². The Morgan fingerprint density at radius 3 is 2.71 bits per heavy atom. The lowest BCUT2D eigenvalue weighted by Crippen LogP contribution is -2.07. The summed E-state index contributed by atoms with van der Waals surface area (Å²) in [5.41, 5.74) is 1.77. The van der Waals surface area contributed by atoms with E-state index < -0.39 is 0 Å². The zero-order valence-electron chi connectivity index (χ0n) is 11.1. The van der Waals surface area contributed by atoms with E-state index >= 15 is 0 Å². The van der Waals surface area contributed by atoms with Crippen molar-refractivity contribution in [2.45, 2.75) is 0 Å². The third-order valence-corrected chi connectivity index (χ3v) is 3.80. The van der Waals surface area contributed by atoms with Gasteiger partial charge in [-0.2, -0.15) is 0 Å². The average molecular weight is 320 g/mol. The number of H-pyrrole nitrogens is 1. The van der Waals surface area contributed by atoms with E-state index in [1.54, 1.807) is 31.5 Å². The molecule has 0 saturated heterocycles. The van der Waals surface area contributed by atoms with Crippen molar-refractivity contribution in [1.29, 1.82) is 0 Å².